The van der Waals surface area contributed by atoms with Crippen LogP contribution in [0.3, 0.4) is 0 Å². The third kappa shape index (κ3) is 5.70. The van der Waals surface area contributed by atoms with Gasteiger partial charge < -0.3 is 9.84 Å². The first-order chi connectivity index (χ1) is 11.1. The average molecular weight is 313 g/mol. The quantitative estimate of drug-likeness (QED) is 0.802. The molecule has 3 nitrogen and oxygen atoms in total. The Morgan fingerprint density at radius 1 is 0.957 bits per heavy atom. The first kappa shape index (κ1) is 17.5. The molecule has 0 fully saturated rings. The highest BCUT2D eigenvalue weighted by molar-refractivity contribution is 5.27. The van der Waals surface area contributed by atoms with E-state index in [-0.39, 0.29) is 0 Å². The fraction of sp³-hybridized carbons (Fsp3) is 0.400. The van der Waals surface area contributed by atoms with Crippen LogP contribution in [0, 0.1) is 5.92 Å². The van der Waals surface area contributed by atoms with E-state index >= 15 is 0 Å². The summed E-state index contributed by atoms with van der Waals surface area (Å²) in [6, 6.07) is 18.0. The predicted octanol–water partition coefficient (Wildman–Crippen LogP) is 3.89. The molecule has 0 aliphatic heterocycles. The number of methoxy groups -OCH3 is 1. The summed E-state index contributed by atoms with van der Waals surface area (Å²) in [5, 5.41) is 10.5. The lowest BCUT2D eigenvalue weighted by Crippen LogP contribution is -2.31. The third-order valence-electron chi connectivity index (χ3n) is 3.80. The molecule has 2 aromatic rings. The van der Waals surface area contributed by atoms with Crippen LogP contribution < -0.4 is 4.74 Å². The summed E-state index contributed by atoms with van der Waals surface area (Å²) < 4.78 is 5.21. The van der Waals surface area contributed by atoms with E-state index in [2.05, 4.69) is 30.9 Å². The van der Waals surface area contributed by atoms with E-state index < -0.39 is 6.10 Å². The minimum atomic E-state index is -0.465. The first-order valence-electron chi connectivity index (χ1n) is 8.16. The maximum Gasteiger partial charge on any atom is 0.118 e. The van der Waals surface area contributed by atoms with Crippen LogP contribution in [0.1, 0.15) is 31.1 Å². The highest BCUT2D eigenvalue weighted by atomic mass is 16.5. The summed E-state index contributed by atoms with van der Waals surface area (Å²) in [6.45, 7) is 6.82. The Morgan fingerprint density at radius 2 is 1.61 bits per heavy atom. The Balaban J connectivity index is 2.03. The Labute approximate surface area is 139 Å². The smallest absolute Gasteiger partial charge is 0.118 e. The molecule has 0 aliphatic carbocycles. The minimum Gasteiger partial charge on any atom is -0.497 e. The van der Waals surface area contributed by atoms with Crippen molar-refractivity contribution in [1.29, 1.82) is 0 Å². The normalized spacial score (nSPS) is 12.6. The van der Waals surface area contributed by atoms with Gasteiger partial charge in [-0.3, -0.25) is 4.90 Å². The van der Waals surface area contributed by atoms with Crippen molar-refractivity contribution in [1.82, 2.24) is 4.90 Å². The molecule has 0 saturated carbocycles. The molecule has 2 rings (SSSR count). The van der Waals surface area contributed by atoms with Crippen molar-refractivity contribution in [3.63, 3.8) is 0 Å². The number of hydrogen-bond acceptors (Lipinski definition) is 3. The number of rotatable bonds is 8. The number of aliphatic hydroxyl groups is 1. The molecule has 1 N–H and O–H groups in total. The lowest BCUT2D eigenvalue weighted by molar-refractivity contribution is 0.102. The predicted molar refractivity (Wildman–Crippen MR) is 94.5 cm³/mol. The summed E-state index contributed by atoms with van der Waals surface area (Å²) in [6.07, 6.45) is -0.465. The molecule has 0 aliphatic rings. The second-order valence-corrected chi connectivity index (χ2v) is 6.36. The molecule has 0 amide bonds. The molecule has 0 spiro atoms. The van der Waals surface area contributed by atoms with Crippen molar-refractivity contribution < 1.29 is 9.84 Å². The fourth-order valence-electron chi connectivity index (χ4n) is 2.73. The van der Waals surface area contributed by atoms with Gasteiger partial charge in [-0.15, -0.1) is 0 Å². The molecule has 0 heterocycles. The molecule has 1 atom stereocenters. The van der Waals surface area contributed by atoms with Gasteiger partial charge in [-0.25, -0.2) is 0 Å². The SMILES string of the molecule is COc1ccc(CN(CC(C)C)CC(O)c2ccccc2)cc1. The summed E-state index contributed by atoms with van der Waals surface area (Å²) >= 11 is 0. The van der Waals surface area contributed by atoms with E-state index in [1.54, 1.807) is 7.11 Å². The molecule has 1 unspecified atom stereocenters. The zero-order chi connectivity index (χ0) is 16.7. The summed E-state index contributed by atoms with van der Waals surface area (Å²) in [5.74, 6) is 1.42. The molecule has 124 valence electrons. The molecule has 0 aromatic heterocycles. The van der Waals surface area contributed by atoms with E-state index in [9.17, 15) is 5.11 Å². The van der Waals surface area contributed by atoms with Crippen LogP contribution in [0.5, 0.6) is 5.75 Å². The van der Waals surface area contributed by atoms with Crippen molar-refractivity contribution in [2.24, 2.45) is 5.92 Å². The van der Waals surface area contributed by atoms with E-state index in [0.29, 0.717) is 12.5 Å². The molecule has 2 aromatic carbocycles. The van der Waals surface area contributed by atoms with E-state index in [0.717, 1.165) is 24.4 Å². The zero-order valence-corrected chi connectivity index (χ0v) is 14.3. The second-order valence-electron chi connectivity index (χ2n) is 6.36. The van der Waals surface area contributed by atoms with Crippen LogP contribution >= 0.6 is 0 Å². The first-order valence-corrected chi connectivity index (χ1v) is 8.16. The van der Waals surface area contributed by atoms with Gasteiger partial charge in [0.25, 0.3) is 0 Å². The van der Waals surface area contributed by atoms with Gasteiger partial charge in [0.1, 0.15) is 5.75 Å². The molecule has 0 saturated heterocycles. The monoisotopic (exact) mass is 313 g/mol. The minimum absolute atomic E-state index is 0.465. The van der Waals surface area contributed by atoms with Crippen molar-refractivity contribution >= 4 is 0 Å². The largest absolute Gasteiger partial charge is 0.497 e. The average Bonchev–Trinajstić information content (AvgIpc) is 2.55. The van der Waals surface area contributed by atoms with Crippen LogP contribution in [0.4, 0.5) is 0 Å². The van der Waals surface area contributed by atoms with Gasteiger partial charge >= 0.3 is 0 Å². The summed E-state index contributed by atoms with van der Waals surface area (Å²) in [4.78, 5) is 2.31. The maximum atomic E-state index is 10.5. The van der Waals surface area contributed by atoms with Gasteiger partial charge in [0.15, 0.2) is 0 Å². The Bertz CT molecular complexity index is 566. The van der Waals surface area contributed by atoms with Crippen LogP contribution in [0.25, 0.3) is 0 Å². The van der Waals surface area contributed by atoms with Gasteiger partial charge in [0.05, 0.1) is 13.2 Å². The lowest BCUT2D eigenvalue weighted by atomic mass is 10.1. The maximum absolute atomic E-state index is 10.5. The lowest BCUT2D eigenvalue weighted by Gasteiger charge is -2.27. The second kappa shape index (κ2) is 8.70. The van der Waals surface area contributed by atoms with Crippen molar-refractivity contribution in [2.45, 2.75) is 26.5 Å². The fourth-order valence-corrected chi connectivity index (χ4v) is 2.73. The number of hydrogen-bond donors (Lipinski definition) is 1. The standard InChI is InChI=1S/C20H27NO2/c1-16(2)13-21(14-17-9-11-19(23-3)12-10-17)15-20(22)18-7-5-4-6-8-18/h4-12,16,20,22H,13-15H2,1-3H3. The van der Waals surface area contributed by atoms with Crippen molar-refractivity contribution in [3.05, 3.63) is 65.7 Å². The molecule has 0 radical (unpaired) electrons. The Morgan fingerprint density at radius 3 is 2.17 bits per heavy atom. The van der Waals surface area contributed by atoms with Crippen LogP contribution in [-0.2, 0) is 6.54 Å². The summed E-state index contributed by atoms with van der Waals surface area (Å²) in [5.41, 5.74) is 2.20. The van der Waals surface area contributed by atoms with Gasteiger partial charge in [-0.05, 0) is 29.2 Å². The Hall–Kier alpha value is -1.84. The van der Waals surface area contributed by atoms with E-state index in [1.165, 1.54) is 5.56 Å². The van der Waals surface area contributed by atoms with Gasteiger partial charge in [-0.1, -0.05) is 56.3 Å². The molecule has 23 heavy (non-hydrogen) atoms. The van der Waals surface area contributed by atoms with Crippen LogP contribution in [0.2, 0.25) is 0 Å². The number of nitrogens with zero attached hydrogens (tertiary/aromatic N) is 1. The van der Waals surface area contributed by atoms with Crippen LogP contribution in [0.15, 0.2) is 54.6 Å². The van der Waals surface area contributed by atoms with Gasteiger partial charge in [0, 0.05) is 19.6 Å². The van der Waals surface area contributed by atoms with Gasteiger partial charge in [-0.2, -0.15) is 0 Å². The highest BCUT2D eigenvalue weighted by Crippen LogP contribution is 2.18. The van der Waals surface area contributed by atoms with E-state index in [1.807, 2.05) is 42.5 Å². The van der Waals surface area contributed by atoms with Crippen molar-refractivity contribution in [2.75, 3.05) is 20.2 Å². The molecule has 0 bridgehead atoms. The number of aliphatic hydroxyl groups excluding tert-OH is 1. The molecular weight excluding hydrogens is 286 g/mol. The van der Waals surface area contributed by atoms with Crippen LogP contribution in [-0.4, -0.2) is 30.2 Å². The van der Waals surface area contributed by atoms with E-state index in [4.69, 9.17) is 4.74 Å². The zero-order valence-electron chi connectivity index (χ0n) is 14.3. The molecular formula is C20H27NO2. The van der Waals surface area contributed by atoms with Crippen molar-refractivity contribution in [3.8, 4) is 5.75 Å². The van der Waals surface area contributed by atoms with Gasteiger partial charge in [0.2, 0.25) is 0 Å². The third-order valence-corrected chi connectivity index (χ3v) is 3.80. The topological polar surface area (TPSA) is 32.7 Å². The highest BCUT2D eigenvalue weighted by Gasteiger charge is 2.15. The number of benzene rings is 2. The summed E-state index contributed by atoms with van der Waals surface area (Å²) in [7, 11) is 1.68. The Kier molecular flexibility index (Phi) is 6.63. The number of ether oxygens (including phenoxy) is 1. The molecule has 3 heteroatoms.